The van der Waals surface area contributed by atoms with Crippen molar-refractivity contribution >= 4 is 29.7 Å². The topological polar surface area (TPSA) is 113 Å². The highest BCUT2D eigenvalue weighted by molar-refractivity contribution is 7.98. The number of primary amides is 1. The first-order valence-electron chi connectivity index (χ1n) is 5.83. The maximum Gasteiger partial charge on any atom is 0.326 e. The second kappa shape index (κ2) is 8.63. The zero-order chi connectivity index (χ0) is 15.0. The molecule has 0 aliphatic rings. The second-order valence-corrected chi connectivity index (χ2v) is 5.24. The van der Waals surface area contributed by atoms with Crippen LogP contribution in [0, 0.1) is 0 Å². The molecule has 0 fully saturated rings. The summed E-state index contributed by atoms with van der Waals surface area (Å²) >= 11 is 1.67. The van der Waals surface area contributed by atoms with Gasteiger partial charge in [-0.25, -0.2) is 9.59 Å². The van der Waals surface area contributed by atoms with Crippen LogP contribution in [0.1, 0.15) is 19.8 Å². The van der Waals surface area contributed by atoms with Crippen LogP contribution in [0.4, 0.5) is 4.79 Å². The number of nitrogens with zero attached hydrogens (tertiary/aromatic N) is 1. The molecule has 110 valence electrons. The largest absolute Gasteiger partial charge is 0.480 e. The standard InChI is InChI=1S/C11H21N3O4S/c1-7(4-5-19-3)14(2)11(18)13-8(10(16)17)6-9(12)15/h7-8H,4-6H2,1-3H3,(H2,12,15)(H,13,18)(H,16,17). The minimum absolute atomic E-state index is 0.0181. The van der Waals surface area contributed by atoms with Gasteiger partial charge in [-0.05, 0) is 25.4 Å². The Kier molecular flexibility index (Phi) is 7.97. The lowest BCUT2D eigenvalue weighted by Crippen LogP contribution is -2.50. The average molecular weight is 291 g/mol. The summed E-state index contributed by atoms with van der Waals surface area (Å²) in [6.45, 7) is 1.87. The van der Waals surface area contributed by atoms with Crippen molar-refractivity contribution in [2.24, 2.45) is 5.73 Å². The van der Waals surface area contributed by atoms with Crippen molar-refractivity contribution in [3.05, 3.63) is 0 Å². The third-order valence-corrected chi connectivity index (χ3v) is 3.37. The van der Waals surface area contributed by atoms with Gasteiger partial charge in [0.05, 0.1) is 6.42 Å². The number of carbonyl (C=O) groups is 3. The van der Waals surface area contributed by atoms with Gasteiger partial charge in [-0.1, -0.05) is 0 Å². The molecule has 0 aromatic carbocycles. The zero-order valence-electron chi connectivity index (χ0n) is 11.4. The summed E-state index contributed by atoms with van der Waals surface area (Å²) in [6.07, 6.45) is 2.35. The molecule has 2 atom stereocenters. The van der Waals surface area contributed by atoms with Gasteiger partial charge in [0.25, 0.3) is 0 Å². The van der Waals surface area contributed by atoms with Crippen LogP contribution in [0.3, 0.4) is 0 Å². The van der Waals surface area contributed by atoms with Gasteiger partial charge in [0.2, 0.25) is 5.91 Å². The van der Waals surface area contributed by atoms with E-state index in [4.69, 9.17) is 10.8 Å². The summed E-state index contributed by atoms with van der Waals surface area (Å²) in [4.78, 5) is 34.9. The van der Waals surface area contributed by atoms with Gasteiger partial charge in [0.1, 0.15) is 6.04 Å². The lowest BCUT2D eigenvalue weighted by atomic mass is 10.2. The molecule has 0 rings (SSSR count). The van der Waals surface area contributed by atoms with Crippen molar-refractivity contribution in [1.29, 1.82) is 0 Å². The van der Waals surface area contributed by atoms with E-state index in [-0.39, 0.29) is 6.04 Å². The van der Waals surface area contributed by atoms with E-state index in [0.717, 1.165) is 12.2 Å². The van der Waals surface area contributed by atoms with E-state index in [1.807, 2.05) is 13.2 Å². The highest BCUT2D eigenvalue weighted by Crippen LogP contribution is 2.06. The number of nitrogens with one attached hydrogen (secondary N) is 1. The number of aliphatic carboxylic acids is 1. The first kappa shape index (κ1) is 17.6. The second-order valence-electron chi connectivity index (χ2n) is 4.25. The van der Waals surface area contributed by atoms with Gasteiger partial charge in [-0.15, -0.1) is 0 Å². The van der Waals surface area contributed by atoms with Crippen LogP contribution < -0.4 is 11.1 Å². The van der Waals surface area contributed by atoms with E-state index in [1.54, 1.807) is 18.8 Å². The summed E-state index contributed by atoms with van der Waals surface area (Å²) in [7, 11) is 1.59. The molecule has 3 amide bonds. The molecule has 19 heavy (non-hydrogen) atoms. The summed E-state index contributed by atoms with van der Waals surface area (Å²) in [5.74, 6) is -1.15. The molecular formula is C11H21N3O4S. The molecule has 0 heterocycles. The van der Waals surface area contributed by atoms with Crippen molar-refractivity contribution < 1.29 is 19.5 Å². The highest BCUT2D eigenvalue weighted by atomic mass is 32.2. The number of thioether (sulfide) groups is 1. The molecule has 0 saturated heterocycles. The first-order valence-corrected chi connectivity index (χ1v) is 7.22. The Morgan fingerprint density at radius 2 is 2.00 bits per heavy atom. The molecule has 0 aromatic rings. The Labute approximate surface area is 116 Å². The lowest BCUT2D eigenvalue weighted by Gasteiger charge is -2.26. The van der Waals surface area contributed by atoms with E-state index in [0.29, 0.717) is 0 Å². The molecule has 0 aliphatic carbocycles. The van der Waals surface area contributed by atoms with Crippen molar-refractivity contribution in [3.63, 3.8) is 0 Å². The van der Waals surface area contributed by atoms with Crippen LogP contribution >= 0.6 is 11.8 Å². The Morgan fingerprint density at radius 1 is 1.42 bits per heavy atom. The molecule has 0 aromatic heterocycles. The van der Waals surface area contributed by atoms with Gasteiger partial charge in [0.15, 0.2) is 0 Å². The van der Waals surface area contributed by atoms with E-state index in [1.165, 1.54) is 4.90 Å². The van der Waals surface area contributed by atoms with Crippen molar-refractivity contribution in [2.75, 3.05) is 19.1 Å². The molecule has 0 bridgehead atoms. The molecule has 7 nitrogen and oxygen atoms in total. The van der Waals surface area contributed by atoms with Gasteiger partial charge < -0.3 is 21.1 Å². The van der Waals surface area contributed by atoms with Gasteiger partial charge in [-0.3, -0.25) is 4.79 Å². The quantitative estimate of drug-likeness (QED) is 0.587. The minimum Gasteiger partial charge on any atom is -0.480 e. The highest BCUT2D eigenvalue weighted by Gasteiger charge is 2.25. The number of hydrogen-bond acceptors (Lipinski definition) is 4. The smallest absolute Gasteiger partial charge is 0.326 e. The fourth-order valence-electron chi connectivity index (χ4n) is 1.33. The molecule has 2 unspecified atom stereocenters. The Hall–Kier alpha value is -1.44. The van der Waals surface area contributed by atoms with E-state index < -0.39 is 30.4 Å². The number of carbonyl (C=O) groups excluding carboxylic acids is 2. The first-order chi connectivity index (χ1) is 8.79. The monoisotopic (exact) mass is 291 g/mol. The number of urea groups is 1. The molecule has 8 heteroatoms. The van der Waals surface area contributed by atoms with Crippen molar-refractivity contribution in [1.82, 2.24) is 10.2 Å². The van der Waals surface area contributed by atoms with E-state index in [9.17, 15) is 14.4 Å². The molecule has 4 N–H and O–H groups in total. The predicted molar refractivity (Wildman–Crippen MR) is 74.0 cm³/mol. The molecule has 0 spiro atoms. The molecule has 0 aliphatic heterocycles. The molecule has 0 radical (unpaired) electrons. The van der Waals surface area contributed by atoms with Crippen molar-refractivity contribution in [3.8, 4) is 0 Å². The van der Waals surface area contributed by atoms with Crippen LogP contribution in [0.5, 0.6) is 0 Å². The number of amides is 3. The predicted octanol–water partition coefficient (Wildman–Crippen LogP) is 0.0980. The maximum absolute atomic E-state index is 11.8. The van der Waals surface area contributed by atoms with Gasteiger partial charge in [0, 0.05) is 13.1 Å². The number of hydrogen-bond donors (Lipinski definition) is 3. The fourth-order valence-corrected chi connectivity index (χ4v) is 1.91. The Bertz CT molecular complexity index is 338. The van der Waals surface area contributed by atoms with E-state index >= 15 is 0 Å². The third kappa shape index (κ3) is 6.90. The molecule has 0 saturated carbocycles. The number of rotatable bonds is 8. The van der Waals surface area contributed by atoms with Crippen LogP contribution in [0.2, 0.25) is 0 Å². The normalized spacial score (nSPS) is 13.4. The van der Waals surface area contributed by atoms with Gasteiger partial charge in [-0.2, -0.15) is 11.8 Å². The number of nitrogens with two attached hydrogens (primary N) is 1. The van der Waals surface area contributed by atoms with Crippen LogP contribution in [0.15, 0.2) is 0 Å². The maximum atomic E-state index is 11.8. The van der Waals surface area contributed by atoms with Crippen LogP contribution in [0.25, 0.3) is 0 Å². The van der Waals surface area contributed by atoms with Crippen molar-refractivity contribution in [2.45, 2.75) is 31.8 Å². The average Bonchev–Trinajstić information content (AvgIpc) is 2.33. The minimum atomic E-state index is -1.29. The van der Waals surface area contributed by atoms with Gasteiger partial charge >= 0.3 is 12.0 Å². The Morgan fingerprint density at radius 3 is 2.42 bits per heavy atom. The fraction of sp³-hybridized carbons (Fsp3) is 0.727. The van der Waals surface area contributed by atoms with Crippen LogP contribution in [-0.2, 0) is 9.59 Å². The van der Waals surface area contributed by atoms with Crippen LogP contribution in [-0.4, -0.2) is 59.1 Å². The number of carboxylic acid groups (broad SMARTS) is 1. The number of carboxylic acids is 1. The Balaban J connectivity index is 4.46. The van der Waals surface area contributed by atoms with E-state index in [2.05, 4.69) is 5.32 Å². The lowest BCUT2D eigenvalue weighted by molar-refractivity contribution is -0.141. The summed E-state index contributed by atoms with van der Waals surface area (Å²) < 4.78 is 0. The zero-order valence-corrected chi connectivity index (χ0v) is 12.2. The third-order valence-electron chi connectivity index (χ3n) is 2.72. The summed E-state index contributed by atoms with van der Waals surface area (Å²) in [5.41, 5.74) is 4.94. The SMILES string of the molecule is CSCCC(C)N(C)C(=O)NC(CC(N)=O)C(=O)O. The summed E-state index contributed by atoms with van der Waals surface area (Å²) in [6, 6.07) is -1.84. The molecular weight excluding hydrogens is 270 g/mol. The summed E-state index contributed by atoms with van der Waals surface area (Å²) in [5, 5.41) is 11.2.